The molecule has 29 heavy (non-hydrogen) atoms. The SMILES string of the molecule is O=C(CCSc1nnc2ccc3ccccc3n12)Nc1nc2ccc(Cl)cc2s1. The van der Waals surface area contributed by atoms with Crippen molar-refractivity contribution >= 4 is 72.5 Å². The molecule has 0 atom stereocenters. The molecule has 0 saturated carbocycles. The Morgan fingerprint density at radius 2 is 2.03 bits per heavy atom. The van der Waals surface area contributed by atoms with Crippen LogP contribution in [0.25, 0.3) is 26.8 Å². The second kappa shape index (κ2) is 7.62. The lowest BCUT2D eigenvalue weighted by Crippen LogP contribution is -2.12. The Labute approximate surface area is 178 Å². The van der Waals surface area contributed by atoms with E-state index in [1.54, 1.807) is 6.07 Å². The van der Waals surface area contributed by atoms with Crippen molar-refractivity contribution in [2.24, 2.45) is 0 Å². The van der Waals surface area contributed by atoms with Crippen LogP contribution in [0.3, 0.4) is 0 Å². The number of carbonyl (C=O) groups is 1. The number of thioether (sulfide) groups is 1. The van der Waals surface area contributed by atoms with Crippen molar-refractivity contribution in [3.05, 3.63) is 59.6 Å². The van der Waals surface area contributed by atoms with Gasteiger partial charge in [0.2, 0.25) is 5.91 Å². The maximum absolute atomic E-state index is 12.3. The quantitative estimate of drug-likeness (QED) is 0.378. The molecule has 0 aliphatic rings. The highest BCUT2D eigenvalue weighted by Crippen LogP contribution is 2.28. The number of benzene rings is 2. The van der Waals surface area contributed by atoms with Crippen LogP contribution in [0.5, 0.6) is 0 Å². The van der Waals surface area contributed by atoms with Crippen LogP contribution < -0.4 is 5.32 Å². The molecule has 0 radical (unpaired) electrons. The minimum atomic E-state index is -0.0821. The van der Waals surface area contributed by atoms with Gasteiger partial charge in [0.25, 0.3) is 0 Å². The highest BCUT2D eigenvalue weighted by molar-refractivity contribution is 7.99. The van der Waals surface area contributed by atoms with E-state index in [4.69, 9.17) is 11.6 Å². The second-order valence-corrected chi connectivity index (χ2v) is 8.88. The topological polar surface area (TPSA) is 72.2 Å². The van der Waals surface area contributed by atoms with Gasteiger partial charge in [-0.05, 0) is 41.8 Å². The number of para-hydroxylation sites is 1. The van der Waals surface area contributed by atoms with E-state index >= 15 is 0 Å². The maximum atomic E-state index is 12.3. The molecule has 5 aromatic rings. The molecule has 0 bridgehead atoms. The van der Waals surface area contributed by atoms with Crippen LogP contribution in [0, 0.1) is 0 Å². The molecule has 3 aromatic heterocycles. The Bertz CT molecular complexity index is 1360. The zero-order valence-corrected chi connectivity index (χ0v) is 17.4. The molecule has 0 spiro atoms. The first-order valence-corrected chi connectivity index (χ1v) is 11.1. The number of amides is 1. The third-order valence-corrected chi connectivity index (χ3v) is 6.50. The van der Waals surface area contributed by atoms with Crippen LogP contribution in [-0.2, 0) is 4.79 Å². The summed E-state index contributed by atoms with van der Waals surface area (Å²) < 4.78 is 2.97. The molecule has 3 heterocycles. The van der Waals surface area contributed by atoms with Crippen molar-refractivity contribution in [3.63, 3.8) is 0 Å². The molecule has 2 aromatic carbocycles. The van der Waals surface area contributed by atoms with Crippen molar-refractivity contribution in [2.45, 2.75) is 11.6 Å². The minimum absolute atomic E-state index is 0.0821. The Balaban J connectivity index is 1.27. The Kier molecular flexibility index (Phi) is 4.83. The standard InChI is InChI=1S/C20H14ClN5OS2/c21-13-6-7-14-16(11-13)29-19(22-14)23-18(27)9-10-28-20-25-24-17-8-5-12-3-1-2-4-15(12)26(17)20/h1-8,11H,9-10H2,(H,22,23,27). The molecule has 1 N–H and O–H groups in total. The van der Waals surface area contributed by atoms with Gasteiger partial charge in [0.1, 0.15) is 0 Å². The third kappa shape index (κ3) is 3.66. The summed E-state index contributed by atoms with van der Waals surface area (Å²) >= 11 is 8.93. The molecule has 5 rings (SSSR count). The van der Waals surface area contributed by atoms with Crippen molar-refractivity contribution in [2.75, 3.05) is 11.1 Å². The van der Waals surface area contributed by atoms with Gasteiger partial charge < -0.3 is 5.32 Å². The van der Waals surface area contributed by atoms with Gasteiger partial charge in [-0.15, -0.1) is 10.2 Å². The summed E-state index contributed by atoms with van der Waals surface area (Å²) in [5, 5.41) is 14.5. The van der Waals surface area contributed by atoms with E-state index in [1.165, 1.54) is 23.1 Å². The van der Waals surface area contributed by atoms with Gasteiger partial charge in [-0.25, -0.2) is 4.98 Å². The molecular formula is C20H14ClN5OS2. The van der Waals surface area contributed by atoms with Gasteiger partial charge in [0.05, 0.1) is 15.7 Å². The van der Waals surface area contributed by atoms with Gasteiger partial charge in [0.15, 0.2) is 15.9 Å². The summed E-state index contributed by atoms with van der Waals surface area (Å²) in [5.74, 6) is 0.508. The minimum Gasteiger partial charge on any atom is -0.302 e. The average Bonchev–Trinajstić information content (AvgIpc) is 3.31. The number of nitrogens with one attached hydrogen (secondary N) is 1. The third-order valence-electron chi connectivity index (χ3n) is 4.41. The highest BCUT2D eigenvalue weighted by atomic mass is 35.5. The molecule has 0 fully saturated rings. The number of carbonyl (C=O) groups excluding carboxylic acids is 1. The van der Waals surface area contributed by atoms with E-state index in [9.17, 15) is 4.79 Å². The van der Waals surface area contributed by atoms with Crippen LogP contribution >= 0.6 is 34.7 Å². The summed E-state index contributed by atoms with van der Waals surface area (Å²) in [6.45, 7) is 0. The van der Waals surface area contributed by atoms with Crippen molar-refractivity contribution < 1.29 is 4.79 Å². The lowest BCUT2D eigenvalue weighted by Gasteiger charge is -2.04. The average molecular weight is 440 g/mol. The number of rotatable bonds is 5. The number of aromatic nitrogens is 4. The summed E-state index contributed by atoms with van der Waals surface area (Å²) in [7, 11) is 0. The predicted octanol–water partition coefficient (Wildman–Crippen LogP) is 5.27. The van der Waals surface area contributed by atoms with E-state index in [-0.39, 0.29) is 5.91 Å². The molecule has 1 amide bonds. The number of nitrogens with zero attached hydrogens (tertiary/aromatic N) is 4. The van der Waals surface area contributed by atoms with E-state index in [2.05, 4.69) is 26.6 Å². The van der Waals surface area contributed by atoms with Crippen molar-refractivity contribution in [1.82, 2.24) is 19.6 Å². The highest BCUT2D eigenvalue weighted by Gasteiger charge is 2.12. The van der Waals surface area contributed by atoms with Crippen LogP contribution in [0.2, 0.25) is 5.02 Å². The number of thiazole rings is 1. The Morgan fingerprint density at radius 1 is 1.14 bits per heavy atom. The second-order valence-electron chi connectivity index (χ2n) is 6.35. The summed E-state index contributed by atoms with van der Waals surface area (Å²) in [4.78, 5) is 16.8. The normalized spacial score (nSPS) is 11.5. The van der Waals surface area contributed by atoms with Crippen LogP contribution in [0.4, 0.5) is 5.13 Å². The molecule has 144 valence electrons. The van der Waals surface area contributed by atoms with Gasteiger partial charge in [-0.1, -0.05) is 52.9 Å². The number of fused-ring (bicyclic) bond motifs is 4. The summed E-state index contributed by atoms with van der Waals surface area (Å²) in [6, 6.07) is 17.6. The maximum Gasteiger partial charge on any atom is 0.226 e. The lowest BCUT2D eigenvalue weighted by molar-refractivity contribution is -0.115. The number of halogens is 1. The van der Waals surface area contributed by atoms with E-state index < -0.39 is 0 Å². The first kappa shape index (κ1) is 18.4. The van der Waals surface area contributed by atoms with Gasteiger partial charge in [-0.2, -0.15) is 0 Å². The predicted molar refractivity (Wildman–Crippen MR) is 119 cm³/mol. The molecule has 9 heteroatoms. The lowest BCUT2D eigenvalue weighted by atomic mass is 10.2. The number of pyridine rings is 1. The molecule has 0 aliphatic carbocycles. The molecule has 6 nitrogen and oxygen atoms in total. The van der Waals surface area contributed by atoms with E-state index in [0.29, 0.717) is 22.3 Å². The number of hydrogen-bond donors (Lipinski definition) is 1. The van der Waals surface area contributed by atoms with E-state index in [1.807, 2.05) is 46.9 Å². The van der Waals surface area contributed by atoms with Crippen molar-refractivity contribution in [3.8, 4) is 0 Å². The van der Waals surface area contributed by atoms with Gasteiger partial charge in [0, 0.05) is 17.2 Å². The zero-order valence-electron chi connectivity index (χ0n) is 15.0. The Hall–Kier alpha value is -2.68. The summed E-state index contributed by atoms with van der Waals surface area (Å²) in [6.07, 6.45) is 0.348. The fourth-order valence-corrected chi connectivity index (χ4v) is 5.12. The first-order valence-electron chi connectivity index (χ1n) is 8.89. The monoisotopic (exact) mass is 439 g/mol. The number of hydrogen-bond acceptors (Lipinski definition) is 6. The van der Waals surface area contributed by atoms with Gasteiger partial charge >= 0.3 is 0 Å². The fraction of sp³-hybridized carbons (Fsp3) is 0.100. The van der Waals surface area contributed by atoms with Crippen LogP contribution in [-0.4, -0.2) is 31.2 Å². The Morgan fingerprint density at radius 3 is 2.97 bits per heavy atom. The number of anilines is 1. The smallest absolute Gasteiger partial charge is 0.226 e. The largest absolute Gasteiger partial charge is 0.302 e. The molecule has 0 unspecified atom stereocenters. The van der Waals surface area contributed by atoms with Gasteiger partial charge in [-0.3, -0.25) is 9.20 Å². The zero-order chi connectivity index (χ0) is 19.8. The van der Waals surface area contributed by atoms with Crippen LogP contribution in [0.1, 0.15) is 6.42 Å². The van der Waals surface area contributed by atoms with Crippen molar-refractivity contribution in [1.29, 1.82) is 0 Å². The molecular weight excluding hydrogens is 426 g/mol. The molecule has 0 aliphatic heterocycles. The fourth-order valence-electron chi connectivity index (χ4n) is 3.07. The first-order chi connectivity index (χ1) is 14.2. The van der Waals surface area contributed by atoms with E-state index in [0.717, 1.165) is 31.9 Å². The summed E-state index contributed by atoms with van der Waals surface area (Å²) in [5.41, 5.74) is 2.67. The molecule has 0 saturated heterocycles. The van der Waals surface area contributed by atoms with Crippen LogP contribution in [0.15, 0.2) is 59.8 Å².